The van der Waals surface area contributed by atoms with E-state index in [1.165, 1.54) is 0 Å². The number of aliphatic hydroxyl groups excluding tert-OH is 1. The quantitative estimate of drug-likeness (QED) is 0.825. The third kappa shape index (κ3) is 3.30. The highest BCUT2D eigenvalue weighted by Crippen LogP contribution is 2.25. The van der Waals surface area contributed by atoms with E-state index < -0.39 is 5.97 Å². The zero-order chi connectivity index (χ0) is 13.7. The van der Waals surface area contributed by atoms with Crippen LogP contribution in [0.4, 0.5) is 0 Å². The summed E-state index contributed by atoms with van der Waals surface area (Å²) < 4.78 is 0. The molecule has 0 unspecified atom stereocenters. The molecule has 0 amide bonds. The van der Waals surface area contributed by atoms with Crippen LogP contribution in [0.3, 0.4) is 0 Å². The summed E-state index contributed by atoms with van der Waals surface area (Å²) in [5.74, 6) is -0.967. The van der Waals surface area contributed by atoms with Gasteiger partial charge in [-0.3, -0.25) is 0 Å². The highest BCUT2D eigenvalue weighted by atomic mass is 16.4. The van der Waals surface area contributed by atoms with Gasteiger partial charge in [0.2, 0.25) is 0 Å². The second kappa shape index (κ2) is 5.98. The Morgan fingerprint density at radius 2 is 1.74 bits per heavy atom. The predicted octanol–water partition coefficient (Wildman–Crippen LogP) is 2.94. The standard InChI is InChI=1S/C16H14O3/c17-11-12-5-7-14(8-6-12)15-4-2-1-3-13(15)9-10-16(18)19/h1-10,17H,11H2,(H,18,19)/b10-9+. The molecule has 0 heterocycles. The topological polar surface area (TPSA) is 57.5 Å². The van der Waals surface area contributed by atoms with E-state index in [1.54, 1.807) is 6.08 Å². The molecule has 0 saturated heterocycles. The molecule has 2 aromatic carbocycles. The maximum Gasteiger partial charge on any atom is 0.328 e. The van der Waals surface area contributed by atoms with Gasteiger partial charge in [-0.25, -0.2) is 4.79 Å². The van der Waals surface area contributed by atoms with Crippen LogP contribution in [0.15, 0.2) is 54.6 Å². The van der Waals surface area contributed by atoms with E-state index in [-0.39, 0.29) is 6.61 Å². The Bertz CT molecular complexity index is 598. The van der Waals surface area contributed by atoms with Gasteiger partial charge < -0.3 is 10.2 Å². The van der Waals surface area contributed by atoms with Crippen molar-refractivity contribution < 1.29 is 15.0 Å². The first kappa shape index (κ1) is 13.1. The fraction of sp³-hybridized carbons (Fsp3) is 0.0625. The number of carboxylic acid groups (broad SMARTS) is 1. The van der Waals surface area contributed by atoms with Crippen LogP contribution in [-0.4, -0.2) is 16.2 Å². The Hall–Kier alpha value is -2.39. The summed E-state index contributed by atoms with van der Waals surface area (Å²) in [6, 6.07) is 15.1. The van der Waals surface area contributed by atoms with E-state index in [4.69, 9.17) is 10.2 Å². The second-order valence-electron chi connectivity index (χ2n) is 4.11. The van der Waals surface area contributed by atoms with E-state index in [2.05, 4.69) is 0 Å². The zero-order valence-electron chi connectivity index (χ0n) is 10.3. The van der Waals surface area contributed by atoms with E-state index in [1.807, 2.05) is 48.5 Å². The molecular formula is C16H14O3. The molecule has 0 radical (unpaired) electrons. The first-order valence-electron chi connectivity index (χ1n) is 5.91. The maximum absolute atomic E-state index is 10.6. The first-order valence-corrected chi connectivity index (χ1v) is 5.91. The van der Waals surface area contributed by atoms with Crippen molar-refractivity contribution in [1.82, 2.24) is 0 Å². The van der Waals surface area contributed by atoms with E-state index in [0.717, 1.165) is 28.3 Å². The van der Waals surface area contributed by atoms with Crippen LogP contribution in [0.25, 0.3) is 17.2 Å². The molecule has 0 aliphatic carbocycles. The van der Waals surface area contributed by atoms with Crippen LogP contribution < -0.4 is 0 Å². The van der Waals surface area contributed by atoms with Crippen molar-refractivity contribution in [3.8, 4) is 11.1 Å². The van der Waals surface area contributed by atoms with Gasteiger partial charge in [-0.1, -0.05) is 48.5 Å². The third-order valence-corrected chi connectivity index (χ3v) is 2.81. The minimum absolute atomic E-state index is 0.0147. The predicted molar refractivity (Wildman–Crippen MR) is 74.5 cm³/mol. The van der Waals surface area contributed by atoms with Crippen molar-refractivity contribution in [3.63, 3.8) is 0 Å². The highest BCUT2D eigenvalue weighted by Gasteiger charge is 2.02. The third-order valence-electron chi connectivity index (χ3n) is 2.81. The van der Waals surface area contributed by atoms with Gasteiger partial charge in [-0.15, -0.1) is 0 Å². The summed E-state index contributed by atoms with van der Waals surface area (Å²) >= 11 is 0. The molecule has 96 valence electrons. The molecule has 0 spiro atoms. The molecule has 2 aromatic rings. The zero-order valence-corrected chi connectivity index (χ0v) is 10.3. The van der Waals surface area contributed by atoms with Crippen molar-refractivity contribution in [2.75, 3.05) is 0 Å². The maximum atomic E-state index is 10.6. The van der Waals surface area contributed by atoms with Crippen LogP contribution in [0.1, 0.15) is 11.1 Å². The molecule has 0 aromatic heterocycles. The van der Waals surface area contributed by atoms with E-state index in [9.17, 15) is 4.79 Å². The Labute approximate surface area is 111 Å². The lowest BCUT2D eigenvalue weighted by atomic mass is 9.98. The number of benzene rings is 2. The molecule has 2 rings (SSSR count). The average molecular weight is 254 g/mol. The van der Waals surface area contributed by atoms with Crippen LogP contribution in [0.5, 0.6) is 0 Å². The normalized spacial score (nSPS) is 10.8. The monoisotopic (exact) mass is 254 g/mol. The molecular weight excluding hydrogens is 240 g/mol. The molecule has 0 aliphatic heterocycles. The van der Waals surface area contributed by atoms with Gasteiger partial charge in [-0.05, 0) is 28.3 Å². The van der Waals surface area contributed by atoms with Crippen molar-refractivity contribution in [3.05, 3.63) is 65.7 Å². The Kier molecular flexibility index (Phi) is 4.11. The van der Waals surface area contributed by atoms with Crippen molar-refractivity contribution in [1.29, 1.82) is 0 Å². The number of aliphatic hydroxyl groups is 1. The minimum Gasteiger partial charge on any atom is -0.478 e. The van der Waals surface area contributed by atoms with Gasteiger partial charge in [0, 0.05) is 6.08 Å². The molecule has 0 bridgehead atoms. The number of aliphatic carboxylic acids is 1. The average Bonchev–Trinajstić information content (AvgIpc) is 2.45. The lowest BCUT2D eigenvalue weighted by molar-refractivity contribution is -0.131. The molecule has 2 N–H and O–H groups in total. The smallest absolute Gasteiger partial charge is 0.328 e. The number of hydrogen-bond acceptors (Lipinski definition) is 2. The van der Waals surface area contributed by atoms with Gasteiger partial charge in [-0.2, -0.15) is 0 Å². The molecule has 0 atom stereocenters. The van der Waals surface area contributed by atoms with Crippen LogP contribution in [0, 0.1) is 0 Å². The fourth-order valence-electron chi connectivity index (χ4n) is 1.86. The Morgan fingerprint density at radius 3 is 2.37 bits per heavy atom. The molecule has 19 heavy (non-hydrogen) atoms. The lowest BCUT2D eigenvalue weighted by Gasteiger charge is -2.07. The summed E-state index contributed by atoms with van der Waals surface area (Å²) in [5, 5.41) is 17.7. The van der Waals surface area contributed by atoms with Crippen LogP contribution >= 0.6 is 0 Å². The summed E-state index contributed by atoms with van der Waals surface area (Å²) in [6.07, 6.45) is 2.71. The Morgan fingerprint density at radius 1 is 1.05 bits per heavy atom. The summed E-state index contributed by atoms with van der Waals surface area (Å²) in [5.41, 5.74) is 3.65. The fourth-order valence-corrected chi connectivity index (χ4v) is 1.86. The van der Waals surface area contributed by atoms with E-state index >= 15 is 0 Å². The van der Waals surface area contributed by atoms with Gasteiger partial charge in [0.1, 0.15) is 0 Å². The second-order valence-corrected chi connectivity index (χ2v) is 4.11. The largest absolute Gasteiger partial charge is 0.478 e. The molecule has 0 aliphatic rings. The molecule has 0 saturated carbocycles. The molecule has 0 fully saturated rings. The molecule has 3 heteroatoms. The molecule has 3 nitrogen and oxygen atoms in total. The summed E-state index contributed by atoms with van der Waals surface area (Å²) in [6.45, 7) is 0.0147. The van der Waals surface area contributed by atoms with E-state index in [0.29, 0.717) is 0 Å². The van der Waals surface area contributed by atoms with Gasteiger partial charge in [0.15, 0.2) is 0 Å². The van der Waals surface area contributed by atoms with Gasteiger partial charge in [0.25, 0.3) is 0 Å². The number of hydrogen-bond donors (Lipinski definition) is 2. The lowest BCUT2D eigenvalue weighted by Crippen LogP contribution is -1.88. The highest BCUT2D eigenvalue weighted by molar-refractivity contribution is 5.87. The number of rotatable bonds is 4. The van der Waals surface area contributed by atoms with Gasteiger partial charge in [0.05, 0.1) is 6.61 Å². The van der Waals surface area contributed by atoms with Crippen molar-refractivity contribution in [2.45, 2.75) is 6.61 Å². The van der Waals surface area contributed by atoms with Crippen molar-refractivity contribution in [2.24, 2.45) is 0 Å². The van der Waals surface area contributed by atoms with Crippen molar-refractivity contribution >= 4 is 12.0 Å². The SMILES string of the molecule is O=C(O)/C=C/c1ccccc1-c1ccc(CO)cc1. The number of carbonyl (C=O) groups is 1. The summed E-state index contributed by atoms with van der Waals surface area (Å²) in [4.78, 5) is 10.6. The summed E-state index contributed by atoms with van der Waals surface area (Å²) in [7, 11) is 0. The Balaban J connectivity index is 2.40. The van der Waals surface area contributed by atoms with Crippen LogP contribution in [-0.2, 0) is 11.4 Å². The first-order chi connectivity index (χ1) is 9.20. The minimum atomic E-state index is -0.967. The van der Waals surface area contributed by atoms with Crippen LogP contribution in [0.2, 0.25) is 0 Å². The van der Waals surface area contributed by atoms with Gasteiger partial charge >= 0.3 is 5.97 Å². The number of carboxylic acids is 1.